The summed E-state index contributed by atoms with van der Waals surface area (Å²) >= 11 is 0. The summed E-state index contributed by atoms with van der Waals surface area (Å²) in [5.74, 6) is 0. The molecule has 0 aliphatic carbocycles. The molecule has 1 fully saturated rings. The molecular formula is C12H24O4. The van der Waals surface area contributed by atoms with Crippen LogP contribution in [-0.2, 0) is 18.9 Å². The maximum atomic E-state index is 5.88. The molecule has 0 amide bonds. The van der Waals surface area contributed by atoms with Gasteiger partial charge in [-0.2, -0.15) is 0 Å². The lowest BCUT2D eigenvalue weighted by Gasteiger charge is -2.32. The van der Waals surface area contributed by atoms with Gasteiger partial charge in [0.05, 0.1) is 0 Å². The first-order valence-corrected chi connectivity index (χ1v) is 6.18. The number of ether oxygens (including phenoxy) is 4. The third-order valence-electron chi connectivity index (χ3n) is 2.76. The monoisotopic (exact) mass is 232 g/mol. The molecule has 0 radical (unpaired) electrons. The van der Waals surface area contributed by atoms with Crippen molar-refractivity contribution in [3.63, 3.8) is 0 Å². The van der Waals surface area contributed by atoms with E-state index in [0.717, 1.165) is 12.8 Å². The molecule has 0 aromatic heterocycles. The van der Waals surface area contributed by atoms with E-state index in [1.54, 1.807) is 0 Å². The quantitative estimate of drug-likeness (QED) is 0.631. The van der Waals surface area contributed by atoms with Crippen molar-refractivity contribution in [1.29, 1.82) is 0 Å². The van der Waals surface area contributed by atoms with Crippen molar-refractivity contribution in [1.82, 2.24) is 0 Å². The number of hydrogen-bond acceptors (Lipinski definition) is 4. The Labute approximate surface area is 98.2 Å². The molecule has 16 heavy (non-hydrogen) atoms. The lowest BCUT2D eigenvalue weighted by atomic mass is 10.0. The van der Waals surface area contributed by atoms with Gasteiger partial charge in [-0.3, -0.25) is 0 Å². The molecule has 2 unspecified atom stereocenters. The van der Waals surface area contributed by atoms with Crippen LogP contribution in [0.15, 0.2) is 0 Å². The van der Waals surface area contributed by atoms with Gasteiger partial charge in [0.15, 0.2) is 12.6 Å². The Hall–Kier alpha value is -0.160. The van der Waals surface area contributed by atoms with Gasteiger partial charge < -0.3 is 18.9 Å². The summed E-state index contributed by atoms with van der Waals surface area (Å²) in [5, 5.41) is 0. The van der Waals surface area contributed by atoms with Gasteiger partial charge in [-0.1, -0.05) is 0 Å². The van der Waals surface area contributed by atoms with Crippen molar-refractivity contribution in [2.75, 3.05) is 19.8 Å². The molecule has 1 heterocycles. The highest BCUT2D eigenvalue weighted by molar-refractivity contribution is 4.86. The molecule has 1 aliphatic heterocycles. The van der Waals surface area contributed by atoms with E-state index in [2.05, 4.69) is 0 Å². The predicted octanol–water partition coefficient (Wildman–Crippen LogP) is 2.32. The Balaban J connectivity index is 2.54. The zero-order chi connectivity index (χ0) is 12.0. The Morgan fingerprint density at radius 3 is 2.31 bits per heavy atom. The van der Waals surface area contributed by atoms with E-state index in [4.69, 9.17) is 18.9 Å². The largest absolute Gasteiger partial charge is 0.353 e. The van der Waals surface area contributed by atoms with Gasteiger partial charge in [-0.15, -0.1) is 0 Å². The lowest BCUT2D eigenvalue weighted by Crippen LogP contribution is -2.43. The van der Waals surface area contributed by atoms with Gasteiger partial charge in [0.25, 0.3) is 0 Å². The molecule has 0 bridgehead atoms. The third kappa shape index (κ3) is 3.42. The van der Waals surface area contributed by atoms with Crippen LogP contribution in [0.4, 0.5) is 0 Å². The maximum Gasteiger partial charge on any atom is 0.186 e. The molecule has 4 nitrogen and oxygen atoms in total. The summed E-state index contributed by atoms with van der Waals surface area (Å²) in [6, 6.07) is 0. The smallest absolute Gasteiger partial charge is 0.186 e. The Bertz CT molecular complexity index is 191. The molecule has 0 N–H and O–H groups in total. The summed E-state index contributed by atoms with van der Waals surface area (Å²) in [5.41, 5.74) is -0.383. The van der Waals surface area contributed by atoms with Crippen LogP contribution in [0.3, 0.4) is 0 Å². The fraction of sp³-hybridized carbons (Fsp3) is 1.00. The van der Waals surface area contributed by atoms with Gasteiger partial charge in [-0.05, 0) is 34.1 Å². The minimum absolute atomic E-state index is 0.113. The summed E-state index contributed by atoms with van der Waals surface area (Å²) in [6.07, 6.45) is 1.40. The highest BCUT2D eigenvalue weighted by Crippen LogP contribution is 2.35. The molecule has 1 saturated heterocycles. The van der Waals surface area contributed by atoms with Crippen LogP contribution in [0.5, 0.6) is 0 Å². The zero-order valence-corrected chi connectivity index (χ0v) is 10.8. The van der Waals surface area contributed by atoms with Crippen molar-refractivity contribution in [3.05, 3.63) is 0 Å². The SMILES string of the molecule is CCOC1CCC(C)(C(OCC)OCC)O1. The summed E-state index contributed by atoms with van der Waals surface area (Å²) in [4.78, 5) is 0. The van der Waals surface area contributed by atoms with Crippen LogP contribution in [0.2, 0.25) is 0 Å². The average Bonchev–Trinajstić information content (AvgIpc) is 2.62. The third-order valence-corrected chi connectivity index (χ3v) is 2.76. The molecule has 4 heteroatoms. The zero-order valence-electron chi connectivity index (χ0n) is 10.8. The average molecular weight is 232 g/mol. The minimum atomic E-state index is -0.383. The number of rotatable bonds is 7. The normalized spacial score (nSPS) is 30.2. The fourth-order valence-corrected chi connectivity index (χ4v) is 2.00. The van der Waals surface area contributed by atoms with Crippen molar-refractivity contribution in [2.24, 2.45) is 0 Å². The minimum Gasteiger partial charge on any atom is -0.353 e. The van der Waals surface area contributed by atoms with Crippen LogP contribution in [-0.4, -0.2) is 38.0 Å². The van der Waals surface area contributed by atoms with E-state index >= 15 is 0 Å². The highest BCUT2D eigenvalue weighted by atomic mass is 16.7. The van der Waals surface area contributed by atoms with Crippen molar-refractivity contribution in [3.8, 4) is 0 Å². The van der Waals surface area contributed by atoms with Crippen LogP contribution in [0.25, 0.3) is 0 Å². The summed E-state index contributed by atoms with van der Waals surface area (Å²) in [6.45, 7) is 9.86. The topological polar surface area (TPSA) is 36.9 Å². The van der Waals surface area contributed by atoms with E-state index in [0.29, 0.717) is 19.8 Å². The molecule has 1 rings (SSSR count). The van der Waals surface area contributed by atoms with Gasteiger partial charge in [-0.25, -0.2) is 0 Å². The fourth-order valence-electron chi connectivity index (χ4n) is 2.00. The second kappa shape index (κ2) is 6.55. The molecule has 2 atom stereocenters. The van der Waals surface area contributed by atoms with Crippen LogP contribution in [0, 0.1) is 0 Å². The molecular weight excluding hydrogens is 208 g/mol. The molecule has 0 spiro atoms. The van der Waals surface area contributed by atoms with Gasteiger partial charge in [0.2, 0.25) is 0 Å². The van der Waals surface area contributed by atoms with Gasteiger partial charge in [0.1, 0.15) is 5.60 Å². The van der Waals surface area contributed by atoms with Crippen molar-refractivity contribution >= 4 is 0 Å². The summed E-state index contributed by atoms with van der Waals surface area (Å²) in [7, 11) is 0. The first kappa shape index (κ1) is 13.9. The van der Waals surface area contributed by atoms with E-state index in [9.17, 15) is 0 Å². The summed E-state index contributed by atoms with van der Waals surface area (Å²) < 4.78 is 22.5. The van der Waals surface area contributed by atoms with E-state index in [1.807, 2.05) is 27.7 Å². The standard InChI is InChI=1S/C12H24O4/c1-5-13-10-8-9-12(4,16-10)11(14-6-2)15-7-3/h10-11H,5-9H2,1-4H3. The Kier molecular flexibility index (Phi) is 5.69. The molecule has 0 aromatic carbocycles. The number of hydrogen-bond donors (Lipinski definition) is 0. The highest BCUT2D eigenvalue weighted by Gasteiger charge is 2.44. The second-order valence-electron chi connectivity index (χ2n) is 4.10. The molecule has 0 aromatic rings. The van der Waals surface area contributed by atoms with Crippen molar-refractivity contribution in [2.45, 2.75) is 58.7 Å². The van der Waals surface area contributed by atoms with Crippen molar-refractivity contribution < 1.29 is 18.9 Å². The molecule has 1 aliphatic rings. The predicted molar refractivity (Wildman–Crippen MR) is 61.2 cm³/mol. The second-order valence-corrected chi connectivity index (χ2v) is 4.10. The maximum absolute atomic E-state index is 5.88. The Morgan fingerprint density at radius 2 is 1.81 bits per heavy atom. The molecule has 0 saturated carbocycles. The van der Waals surface area contributed by atoms with E-state index in [1.165, 1.54) is 0 Å². The van der Waals surface area contributed by atoms with Crippen LogP contribution < -0.4 is 0 Å². The van der Waals surface area contributed by atoms with Gasteiger partial charge in [0, 0.05) is 26.2 Å². The van der Waals surface area contributed by atoms with E-state index in [-0.39, 0.29) is 18.2 Å². The Morgan fingerprint density at radius 1 is 1.19 bits per heavy atom. The molecule has 96 valence electrons. The first-order valence-electron chi connectivity index (χ1n) is 6.18. The van der Waals surface area contributed by atoms with Crippen LogP contribution in [0.1, 0.15) is 40.5 Å². The van der Waals surface area contributed by atoms with Crippen LogP contribution >= 0.6 is 0 Å². The van der Waals surface area contributed by atoms with Gasteiger partial charge >= 0.3 is 0 Å². The van der Waals surface area contributed by atoms with E-state index < -0.39 is 0 Å². The first-order chi connectivity index (χ1) is 7.66. The lowest BCUT2D eigenvalue weighted by molar-refractivity contribution is -0.266.